The lowest BCUT2D eigenvalue weighted by Gasteiger charge is -2.30. The first-order chi connectivity index (χ1) is 14.4. The van der Waals surface area contributed by atoms with Crippen LogP contribution in [0.5, 0.6) is 0 Å². The summed E-state index contributed by atoms with van der Waals surface area (Å²) in [5.74, 6) is 0.265. The lowest BCUT2D eigenvalue weighted by molar-refractivity contribution is 0.815. The quantitative estimate of drug-likeness (QED) is 0.353. The van der Waals surface area contributed by atoms with Crippen molar-refractivity contribution in [1.82, 2.24) is 0 Å². The molecule has 0 aliphatic heterocycles. The Hall–Kier alpha value is -3.38. The molecule has 29 heavy (non-hydrogen) atoms. The number of aryl methyl sites for hydroxylation is 1. The van der Waals surface area contributed by atoms with Crippen LogP contribution in [-0.2, 0) is 6.42 Å². The fourth-order valence-electron chi connectivity index (χ4n) is 4.67. The van der Waals surface area contributed by atoms with Crippen LogP contribution < -0.4 is 0 Å². The summed E-state index contributed by atoms with van der Waals surface area (Å²) in [7, 11) is 0. The summed E-state index contributed by atoms with van der Waals surface area (Å²) in [5.41, 5.74) is 9.80. The minimum Gasteiger partial charge on any atom is -0.0622 e. The molecule has 0 aromatic heterocycles. The maximum absolute atomic E-state index is 2.30. The molecule has 1 aliphatic rings. The first-order valence-electron chi connectivity index (χ1n) is 10.4. The number of hydrogen-bond acceptors (Lipinski definition) is 0. The first-order valence-corrected chi connectivity index (χ1v) is 10.4. The smallest absolute Gasteiger partial charge is 0.0308 e. The van der Waals surface area contributed by atoms with Crippen LogP contribution in [0.3, 0.4) is 0 Å². The Morgan fingerprint density at radius 3 is 1.62 bits per heavy atom. The topological polar surface area (TPSA) is 0 Å². The summed E-state index contributed by atoms with van der Waals surface area (Å²) in [6, 6.07) is 41.8. The lowest BCUT2D eigenvalue weighted by Crippen LogP contribution is -2.14. The predicted molar refractivity (Wildman–Crippen MR) is 122 cm³/mol. The van der Waals surface area contributed by atoms with E-state index >= 15 is 0 Å². The van der Waals surface area contributed by atoms with Crippen LogP contribution in [0.4, 0.5) is 0 Å². The maximum atomic E-state index is 2.30. The fourth-order valence-corrected chi connectivity index (χ4v) is 4.67. The minimum absolute atomic E-state index is 0.265. The molecule has 4 aromatic rings. The molecule has 0 N–H and O–H groups in total. The molecule has 1 aliphatic carbocycles. The van der Waals surface area contributed by atoms with Gasteiger partial charge in [0.25, 0.3) is 0 Å². The molecule has 0 fully saturated rings. The van der Waals surface area contributed by atoms with Gasteiger partial charge in [0.15, 0.2) is 0 Å². The van der Waals surface area contributed by atoms with Gasteiger partial charge in [-0.3, -0.25) is 0 Å². The molecule has 0 spiro atoms. The molecular weight excluding hydrogens is 348 g/mol. The summed E-state index contributed by atoms with van der Waals surface area (Å²) in [6.07, 6.45) is 2.17. The summed E-state index contributed by atoms with van der Waals surface area (Å²) >= 11 is 0. The van der Waals surface area contributed by atoms with Crippen LogP contribution in [0.1, 0.15) is 40.2 Å². The molecule has 0 radical (unpaired) electrons. The van der Waals surface area contributed by atoms with E-state index in [1.54, 1.807) is 0 Å². The SMILES string of the molecule is c1ccc(C2=C(C(c3ccccc3)c3ccccc3)CCc3ccccc32)cc1. The number of rotatable bonds is 4. The average Bonchev–Trinajstić information content (AvgIpc) is 2.81. The molecule has 0 atom stereocenters. The van der Waals surface area contributed by atoms with Gasteiger partial charge in [0.05, 0.1) is 0 Å². The van der Waals surface area contributed by atoms with Crippen LogP contribution >= 0.6 is 0 Å². The van der Waals surface area contributed by atoms with Gasteiger partial charge >= 0.3 is 0 Å². The van der Waals surface area contributed by atoms with Crippen LogP contribution in [0.2, 0.25) is 0 Å². The molecule has 4 aromatic carbocycles. The van der Waals surface area contributed by atoms with Crippen molar-refractivity contribution in [2.24, 2.45) is 0 Å². The zero-order valence-corrected chi connectivity index (χ0v) is 16.5. The van der Waals surface area contributed by atoms with Crippen LogP contribution in [0.15, 0.2) is 121 Å². The maximum Gasteiger partial charge on any atom is 0.0308 e. The molecule has 0 amide bonds. The Morgan fingerprint density at radius 2 is 1.00 bits per heavy atom. The second kappa shape index (κ2) is 7.93. The summed E-state index contributed by atoms with van der Waals surface area (Å²) in [5, 5.41) is 0. The van der Waals surface area contributed by atoms with Gasteiger partial charge in [-0.1, -0.05) is 115 Å². The van der Waals surface area contributed by atoms with Gasteiger partial charge in [-0.2, -0.15) is 0 Å². The monoisotopic (exact) mass is 372 g/mol. The van der Waals surface area contributed by atoms with Gasteiger partial charge in [0, 0.05) is 5.92 Å². The molecule has 0 heterocycles. The van der Waals surface area contributed by atoms with Gasteiger partial charge in [-0.15, -0.1) is 0 Å². The molecule has 0 heteroatoms. The average molecular weight is 373 g/mol. The van der Waals surface area contributed by atoms with Crippen molar-refractivity contribution >= 4 is 5.57 Å². The van der Waals surface area contributed by atoms with Crippen molar-refractivity contribution in [2.75, 3.05) is 0 Å². The Balaban J connectivity index is 1.80. The van der Waals surface area contributed by atoms with Crippen molar-refractivity contribution in [3.8, 4) is 0 Å². The molecule has 0 nitrogen and oxygen atoms in total. The van der Waals surface area contributed by atoms with Crippen LogP contribution in [0, 0.1) is 0 Å². The van der Waals surface area contributed by atoms with Crippen molar-refractivity contribution < 1.29 is 0 Å². The Bertz CT molecular complexity index is 1080. The normalized spacial score (nSPS) is 13.4. The number of hydrogen-bond donors (Lipinski definition) is 0. The van der Waals surface area contributed by atoms with E-state index in [0.717, 1.165) is 12.8 Å². The summed E-state index contributed by atoms with van der Waals surface area (Å²) in [6.45, 7) is 0. The van der Waals surface area contributed by atoms with E-state index in [-0.39, 0.29) is 5.92 Å². The van der Waals surface area contributed by atoms with Gasteiger partial charge < -0.3 is 0 Å². The molecular formula is C29H24. The van der Waals surface area contributed by atoms with Crippen LogP contribution in [-0.4, -0.2) is 0 Å². The number of allylic oxidation sites excluding steroid dienone is 1. The third-order valence-electron chi connectivity index (χ3n) is 5.95. The molecule has 0 saturated carbocycles. The van der Waals surface area contributed by atoms with Gasteiger partial charge in [0.2, 0.25) is 0 Å². The Labute approximate surface area is 173 Å². The summed E-state index contributed by atoms with van der Waals surface area (Å²) < 4.78 is 0. The third kappa shape index (κ3) is 3.43. The zero-order chi connectivity index (χ0) is 19.5. The number of fused-ring (bicyclic) bond motifs is 1. The predicted octanol–water partition coefficient (Wildman–Crippen LogP) is 7.27. The van der Waals surface area contributed by atoms with Crippen molar-refractivity contribution in [1.29, 1.82) is 0 Å². The van der Waals surface area contributed by atoms with E-state index in [9.17, 15) is 0 Å². The highest BCUT2D eigenvalue weighted by molar-refractivity contribution is 5.86. The zero-order valence-electron chi connectivity index (χ0n) is 16.5. The highest BCUT2D eigenvalue weighted by Gasteiger charge is 2.27. The molecule has 5 rings (SSSR count). The molecule has 0 unspecified atom stereocenters. The highest BCUT2D eigenvalue weighted by Crippen LogP contribution is 2.44. The fraction of sp³-hybridized carbons (Fsp3) is 0.103. The first kappa shape index (κ1) is 17.7. The van der Waals surface area contributed by atoms with Crippen molar-refractivity contribution in [3.05, 3.63) is 149 Å². The van der Waals surface area contributed by atoms with E-state index < -0.39 is 0 Å². The van der Waals surface area contributed by atoms with E-state index in [1.165, 1.54) is 39.0 Å². The van der Waals surface area contributed by atoms with Crippen molar-refractivity contribution in [3.63, 3.8) is 0 Å². The lowest BCUT2D eigenvalue weighted by atomic mass is 9.73. The third-order valence-corrected chi connectivity index (χ3v) is 5.95. The molecule has 0 saturated heterocycles. The highest BCUT2D eigenvalue weighted by atomic mass is 14.3. The van der Waals surface area contributed by atoms with E-state index in [2.05, 4.69) is 115 Å². The Kier molecular flexibility index (Phi) is 4.84. The standard InChI is InChI=1S/C29H24/c1-4-13-23(14-5-1)28(24-15-6-2-7-16-24)27-21-20-22-12-10-11-19-26(22)29(27)25-17-8-3-9-18-25/h1-19,28H,20-21H2. The molecule has 0 bridgehead atoms. The van der Waals surface area contributed by atoms with Crippen molar-refractivity contribution in [2.45, 2.75) is 18.8 Å². The van der Waals surface area contributed by atoms with Gasteiger partial charge in [-0.05, 0) is 51.8 Å². The summed E-state index contributed by atoms with van der Waals surface area (Å²) in [4.78, 5) is 0. The largest absolute Gasteiger partial charge is 0.0622 e. The second-order valence-electron chi connectivity index (χ2n) is 7.68. The van der Waals surface area contributed by atoms with E-state index in [4.69, 9.17) is 0 Å². The van der Waals surface area contributed by atoms with Gasteiger partial charge in [-0.25, -0.2) is 0 Å². The molecule has 140 valence electrons. The van der Waals surface area contributed by atoms with E-state index in [0.29, 0.717) is 0 Å². The van der Waals surface area contributed by atoms with Gasteiger partial charge in [0.1, 0.15) is 0 Å². The minimum atomic E-state index is 0.265. The number of benzene rings is 4. The Morgan fingerprint density at radius 1 is 0.483 bits per heavy atom. The second-order valence-corrected chi connectivity index (χ2v) is 7.68. The van der Waals surface area contributed by atoms with Crippen LogP contribution in [0.25, 0.3) is 5.57 Å². The van der Waals surface area contributed by atoms with E-state index in [1.807, 2.05) is 0 Å².